The maximum Gasteiger partial charge on any atom is 0.127 e. The van der Waals surface area contributed by atoms with Crippen molar-refractivity contribution in [1.82, 2.24) is 0 Å². The van der Waals surface area contributed by atoms with Gasteiger partial charge in [-0.05, 0) is 66.6 Å². The minimum atomic E-state index is -0.849. The summed E-state index contributed by atoms with van der Waals surface area (Å²) in [6.45, 7) is 2.05. The average Bonchev–Trinajstić information content (AvgIpc) is 2.63. The van der Waals surface area contributed by atoms with Crippen molar-refractivity contribution in [2.75, 3.05) is 18.6 Å². The van der Waals surface area contributed by atoms with Gasteiger partial charge in [-0.3, -0.25) is 4.21 Å². The molecule has 0 N–H and O–H groups in total. The highest BCUT2D eigenvalue weighted by Crippen LogP contribution is 2.34. The SMILES string of the molecule is COc1ccc(Oc2ccc(C(C)=C3SCCCS3=O)cc2)cc1. The van der Waals surface area contributed by atoms with Crippen molar-refractivity contribution in [2.45, 2.75) is 13.3 Å². The molecule has 1 fully saturated rings. The number of methoxy groups -OCH3 is 1. The van der Waals surface area contributed by atoms with E-state index in [0.29, 0.717) is 0 Å². The quantitative estimate of drug-likeness (QED) is 0.763. The predicted octanol–water partition coefficient (Wildman–Crippen LogP) is 5.06. The molecule has 0 radical (unpaired) electrons. The lowest BCUT2D eigenvalue weighted by Gasteiger charge is -2.16. The summed E-state index contributed by atoms with van der Waals surface area (Å²) in [5, 5.41) is 0. The lowest BCUT2D eigenvalue weighted by atomic mass is 10.1. The monoisotopic (exact) mass is 360 g/mol. The highest BCUT2D eigenvalue weighted by atomic mass is 32.2. The number of thioether (sulfide) groups is 1. The number of benzene rings is 2. The van der Waals surface area contributed by atoms with Crippen LogP contribution >= 0.6 is 11.8 Å². The van der Waals surface area contributed by atoms with Crippen LogP contribution in [0.15, 0.2) is 52.8 Å². The summed E-state index contributed by atoms with van der Waals surface area (Å²) in [6.07, 6.45) is 1.03. The third kappa shape index (κ3) is 4.02. The van der Waals surface area contributed by atoms with Crippen LogP contribution < -0.4 is 9.47 Å². The Morgan fingerprint density at radius 3 is 2.17 bits per heavy atom. The summed E-state index contributed by atoms with van der Waals surface area (Å²) >= 11 is 1.72. The molecule has 0 aromatic heterocycles. The largest absolute Gasteiger partial charge is 0.497 e. The third-order valence-corrected chi connectivity index (χ3v) is 7.15. The molecule has 1 heterocycles. The zero-order chi connectivity index (χ0) is 16.9. The lowest BCUT2D eigenvalue weighted by molar-refractivity contribution is 0.413. The summed E-state index contributed by atoms with van der Waals surface area (Å²) < 4.78 is 24.2. The second-order valence-electron chi connectivity index (χ2n) is 5.47. The lowest BCUT2D eigenvalue weighted by Crippen LogP contribution is -2.08. The van der Waals surface area contributed by atoms with Gasteiger partial charge in [0.25, 0.3) is 0 Å². The van der Waals surface area contributed by atoms with E-state index >= 15 is 0 Å². The molecule has 3 rings (SSSR count). The Hall–Kier alpha value is -1.72. The van der Waals surface area contributed by atoms with Gasteiger partial charge in [-0.2, -0.15) is 0 Å². The van der Waals surface area contributed by atoms with Crippen LogP contribution in [0.5, 0.6) is 17.2 Å². The van der Waals surface area contributed by atoms with E-state index < -0.39 is 10.8 Å². The molecule has 1 saturated heterocycles. The van der Waals surface area contributed by atoms with Crippen molar-refractivity contribution in [3.05, 3.63) is 58.3 Å². The van der Waals surface area contributed by atoms with Gasteiger partial charge in [0.15, 0.2) is 0 Å². The van der Waals surface area contributed by atoms with Crippen LogP contribution in [0.1, 0.15) is 18.9 Å². The molecule has 126 valence electrons. The topological polar surface area (TPSA) is 35.5 Å². The summed E-state index contributed by atoms with van der Waals surface area (Å²) in [7, 11) is 0.793. The first-order valence-corrected chi connectivity index (χ1v) is 10.1. The van der Waals surface area contributed by atoms with Crippen molar-refractivity contribution >= 4 is 28.1 Å². The van der Waals surface area contributed by atoms with Crippen LogP contribution in [0.4, 0.5) is 0 Å². The molecular weight excluding hydrogens is 340 g/mol. The maximum absolute atomic E-state index is 12.2. The fourth-order valence-electron chi connectivity index (χ4n) is 2.46. The summed E-state index contributed by atoms with van der Waals surface area (Å²) in [4.78, 5) is 0. The maximum atomic E-state index is 12.2. The van der Waals surface area contributed by atoms with E-state index in [-0.39, 0.29) is 0 Å². The molecule has 2 aromatic carbocycles. The number of allylic oxidation sites excluding steroid dienone is 1. The molecule has 1 atom stereocenters. The summed E-state index contributed by atoms with van der Waals surface area (Å²) in [5.41, 5.74) is 2.20. The fourth-order valence-corrected chi connectivity index (χ4v) is 5.53. The Balaban J connectivity index is 1.75. The standard InChI is InChI=1S/C19H20O3S2/c1-14(19-23-12-3-13-24(19)20)15-4-6-17(7-5-15)22-18-10-8-16(21-2)9-11-18/h4-11H,3,12-13H2,1-2H3. The van der Waals surface area contributed by atoms with Crippen molar-refractivity contribution < 1.29 is 13.7 Å². The van der Waals surface area contributed by atoms with Crippen LogP contribution in [-0.4, -0.2) is 22.8 Å². The van der Waals surface area contributed by atoms with Gasteiger partial charge in [0.2, 0.25) is 0 Å². The van der Waals surface area contributed by atoms with Crippen molar-refractivity contribution in [3.8, 4) is 17.2 Å². The molecule has 0 bridgehead atoms. The Morgan fingerprint density at radius 2 is 1.58 bits per heavy atom. The molecular formula is C19H20O3S2. The van der Waals surface area contributed by atoms with Gasteiger partial charge in [-0.25, -0.2) is 0 Å². The summed E-state index contributed by atoms with van der Waals surface area (Å²) in [6, 6.07) is 15.4. The smallest absolute Gasteiger partial charge is 0.127 e. The van der Waals surface area contributed by atoms with Gasteiger partial charge in [-0.1, -0.05) is 12.1 Å². The van der Waals surface area contributed by atoms with E-state index in [9.17, 15) is 4.21 Å². The number of rotatable bonds is 4. The molecule has 1 aliphatic heterocycles. The second kappa shape index (κ2) is 7.90. The molecule has 2 aromatic rings. The van der Waals surface area contributed by atoms with E-state index in [1.807, 2.05) is 55.5 Å². The van der Waals surface area contributed by atoms with Crippen molar-refractivity contribution in [1.29, 1.82) is 0 Å². The van der Waals surface area contributed by atoms with Crippen LogP contribution in [-0.2, 0) is 10.8 Å². The zero-order valence-corrected chi connectivity index (χ0v) is 15.4. The average molecular weight is 361 g/mol. The Bertz CT molecular complexity index is 749. The number of ether oxygens (including phenoxy) is 2. The molecule has 24 heavy (non-hydrogen) atoms. The molecule has 3 nitrogen and oxygen atoms in total. The molecule has 1 unspecified atom stereocenters. The number of hydrogen-bond donors (Lipinski definition) is 0. The van der Waals surface area contributed by atoms with E-state index in [1.165, 1.54) is 0 Å². The highest BCUT2D eigenvalue weighted by molar-refractivity contribution is 8.17. The molecule has 0 aliphatic carbocycles. The molecule has 1 aliphatic rings. The molecule has 0 saturated carbocycles. The van der Waals surface area contributed by atoms with Crippen molar-refractivity contribution in [3.63, 3.8) is 0 Å². The molecule has 5 heteroatoms. The summed E-state index contributed by atoms with van der Waals surface area (Å²) in [5.74, 6) is 4.18. The molecule has 0 amide bonds. The van der Waals surface area contributed by atoms with Gasteiger partial charge in [0, 0.05) is 5.75 Å². The van der Waals surface area contributed by atoms with E-state index in [0.717, 1.165) is 50.5 Å². The Labute approximate surface area is 149 Å². The Morgan fingerprint density at radius 1 is 1.00 bits per heavy atom. The van der Waals surface area contributed by atoms with Gasteiger partial charge >= 0.3 is 0 Å². The van der Waals surface area contributed by atoms with E-state index in [4.69, 9.17) is 9.47 Å². The van der Waals surface area contributed by atoms with E-state index in [1.54, 1.807) is 18.9 Å². The minimum Gasteiger partial charge on any atom is -0.497 e. The van der Waals surface area contributed by atoms with Gasteiger partial charge in [-0.15, -0.1) is 11.8 Å². The normalized spacial score (nSPS) is 19.7. The Kier molecular flexibility index (Phi) is 5.63. The zero-order valence-electron chi connectivity index (χ0n) is 13.8. The van der Waals surface area contributed by atoms with E-state index in [2.05, 4.69) is 0 Å². The first-order valence-electron chi connectivity index (χ1n) is 7.82. The fraction of sp³-hybridized carbons (Fsp3) is 0.263. The number of hydrogen-bond acceptors (Lipinski definition) is 4. The van der Waals surface area contributed by atoms with Crippen molar-refractivity contribution in [2.24, 2.45) is 0 Å². The van der Waals surface area contributed by atoms with Crippen LogP contribution in [0.3, 0.4) is 0 Å². The van der Waals surface area contributed by atoms with Crippen LogP contribution in [0.2, 0.25) is 0 Å². The van der Waals surface area contributed by atoms with Gasteiger partial charge in [0.05, 0.1) is 22.1 Å². The van der Waals surface area contributed by atoms with Gasteiger partial charge < -0.3 is 9.47 Å². The minimum absolute atomic E-state index is 0.766. The van der Waals surface area contributed by atoms with Crippen LogP contribution in [0.25, 0.3) is 5.57 Å². The highest BCUT2D eigenvalue weighted by Gasteiger charge is 2.17. The van der Waals surface area contributed by atoms with Gasteiger partial charge in [0.1, 0.15) is 17.2 Å². The molecule has 0 spiro atoms. The first kappa shape index (κ1) is 17.1. The first-order chi connectivity index (χ1) is 11.7. The second-order valence-corrected chi connectivity index (χ2v) is 8.34. The van der Waals surface area contributed by atoms with Crippen LogP contribution in [0, 0.1) is 0 Å². The predicted molar refractivity (Wildman–Crippen MR) is 102 cm³/mol. The third-order valence-electron chi connectivity index (χ3n) is 3.80.